The van der Waals surface area contributed by atoms with E-state index in [1.165, 1.54) is 0 Å². The molecule has 1 unspecified atom stereocenters. The van der Waals surface area contributed by atoms with E-state index < -0.39 is 11.2 Å². The normalized spacial score (nSPS) is 17.0. The smallest absolute Gasteiger partial charge is 0.325 e. The van der Waals surface area contributed by atoms with Gasteiger partial charge in [0.2, 0.25) is 0 Å². The molecule has 0 aliphatic carbocycles. The number of nitrogens with one attached hydrogen (secondary N) is 3. The van der Waals surface area contributed by atoms with Crippen LogP contribution in [0.1, 0.15) is 28.9 Å². The Morgan fingerprint density at radius 1 is 1.33 bits per heavy atom. The third kappa shape index (κ3) is 3.46. The molecule has 0 bridgehead atoms. The maximum Gasteiger partial charge on any atom is 0.325 e. The first-order valence-electron chi connectivity index (χ1n) is 7.88. The van der Waals surface area contributed by atoms with Gasteiger partial charge in [-0.3, -0.25) is 14.6 Å². The van der Waals surface area contributed by atoms with Crippen molar-refractivity contribution in [3.63, 3.8) is 0 Å². The molecule has 1 amide bonds. The Hall–Kier alpha value is -2.67. The summed E-state index contributed by atoms with van der Waals surface area (Å²) in [6, 6.07) is 6.76. The Morgan fingerprint density at radius 2 is 2.17 bits per heavy atom. The molecule has 3 rings (SSSR count). The van der Waals surface area contributed by atoms with Gasteiger partial charge in [0.1, 0.15) is 0 Å². The Labute approximate surface area is 138 Å². The lowest BCUT2D eigenvalue weighted by Gasteiger charge is -2.11. The Morgan fingerprint density at radius 3 is 2.88 bits per heavy atom. The SMILES string of the molecule is Cc1[nH]c(=O)[nH]c(=O)c1-c1cccc(C(=O)NCC2CCCO2)c1. The molecule has 0 radical (unpaired) electrons. The summed E-state index contributed by atoms with van der Waals surface area (Å²) in [5.41, 5.74) is 0.814. The van der Waals surface area contributed by atoms with Gasteiger partial charge in [-0.05, 0) is 37.5 Å². The number of rotatable bonds is 4. The minimum absolute atomic E-state index is 0.0708. The summed E-state index contributed by atoms with van der Waals surface area (Å²) in [5.74, 6) is -0.217. The fourth-order valence-electron chi connectivity index (χ4n) is 2.88. The number of benzene rings is 1. The average Bonchev–Trinajstić information content (AvgIpc) is 3.05. The highest BCUT2D eigenvalue weighted by Crippen LogP contribution is 2.19. The summed E-state index contributed by atoms with van der Waals surface area (Å²) in [4.78, 5) is 40.4. The molecule has 0 spiro atoms. The molecular formula is C17H19N3O4. The second-order valence-corrected chi connectivity index (χ2v) is 5.83. The van der Waals surface area contributed by atoms with E-state index in [2.05, 4.69) is 15.3 Å². The lowest BCUT2D eigenvalue weighted by Crippen LogP contribution is -2.31. The molecule has 0 saturated carbocycles. The van der Waals surface area contributed by atoms with Crippen LogP contribution in [0.25, 0.3) is 11.1 Å². The largest absolute Gasteiger partial charge is 0.376 e. The second-order valence-electron chi connectivity index (χ2n) is 5.83. The number of hydrogen-bond donors (Lipinski definition) is 3. The van der Waals surface area contributed by atoms with Crippen molar-refractivity contribution in [2.45, 2.75) is 25.9 Å². The van der Waals surface area contributed by atoms with E-state index >= 15 is 0 Å². The number of H-pyrrole nitrogens is 2. The first kappa shape index (κ1) is 16.2. The number of carbonyl (C=O) groups excluding carboxylic acids is 1. The lowest BCUT2D eigenvalue weighted by molar-refractivity contribution is 0.0858. The molecule has 126 valence electrons. The highest BCUT2D eigenvalue weighted by Gasteiger charge is 2.17. The maximum absolute atomic E-state index is 12.3. The molecule has 7 heteroatoms. The average molecular weight is 329 g/mol. The summed E-state index contributed by atoms with van der Waals surface area (Å²) in [6.07, 6.45) is 2.04. The van der Waals surface area contributed by atoms with Gasteiger partial charge < -0.3 is 15.0 Å². The predicted molar refractivity (Wildman–Crippen MR) is 89.2 cm³/mol. The summed E-state index contributed by atoms with van der Waals surface area (Å²) in [5, 5.41) is 2.85. The molecule has 1 aromatic carbocycles. The fourth-order valence-corrected chi connectivity index (χ4v) is 2.88. The van der Waals surface area contributed by atoms with Crippen molar-refractivity contribution in [1.82, 2.24) is 15.3 Å². The first-order chi connectivity index (χ1) is 11.5. The molecular weight excluding hydrogens is 310 g/mol. The molecule has 1 aliphatic heterocycles. The number of aromatic amines is 2. The quantitative estimate of drug-likeness (QED) is 0.777. The van der Waals surface area contributed by atoms with Crippen molar-refractivity contribution in [3.05, 3.63) is 56.4 Å². The zero-order valence-electron chi connectivity index (χ0n) is 13.3. The van der Waals surface area contributed by atoms with Gasteiger partial charge in [0.05, 0.1) is 11.7 Å². The van der Waals surface area contributed by atoms with Crippen LogP contribution in [0.15, 0.2) is 33.9 Å². The van der Waals surface area contributed by atoms with Crippen LogP contribution in [-0.4, -0.2) is 35.1 Å². The topological polar surface area (TPSA) is 104 Å². The van der Waals surface area contributed by atoms with Crippen molar-refractivity contribution in [1.29, 1.82) is 0 Å². The Bertz CT molecular complexity index is 863. The van der Waals surface area contributed by atoms with E-state index in [-0.39, 0.29) is 12.0 Å². The van der Waals surface area contributed by atoms with E-state index in [0.29, 0.717) is 28.9 Å². The lowest BCUT2D eigenvalue weighted by atomic mass is 10.0. The van der Waals surface area contributed by atoms with Gasteiger partial charge in [-0.1, -0.05) is 12.1 Å². The maximum atomic E-state index is 12.3. The van der Waals surface area contributed by atoms with Crippen LogP contribution in [0, 0.1) is 6.92 Å². The van der Waals surface area contributed by atoms with Crippen LogP contribution in [-0.2, 0) is 4.74 Å². The van der Waals surface area contributed by atoms with Gasteiger partial charge in [-0.25, -0.2) is 4.79 Å². The van der Waals surface area contributed by atoms with Crippen molar-refractivity contribution in [2.75, 3.05) is 13.2 Å². The van der Waals surface area contributed by atoms with Gasteiger partial charge >= 0.3 is 5.69 Å². The molecule has 24 heavy (non-hydrogen) atoms. The third-order valence-corrected chi connectivity index (χ3v) is 4.06. The Balaban J connectivity index is 1.82. The van der Waals surface area contributed by atoms with Crippen LogP contribution >= 0.6 is 0 Å². The number of hydrogen-bond acceptors (Lipinski definition) is 4. The first-order valence-corrected chi connectivity index (χ1v) is 7.88. The number of ether oxygens (including phenoxy) is 1. The van der Waals surface area contributed by atoms with Crippen LogP contribution < -0.4 is 16.6 Å². The standard InChI is InChI=1S/C17H19N3O4/c1-10-14(16(22)20-17(23)19-10)11-4-2-5-12(8-11)15(21)18-9-13-6-3-7-24-13/h2,4-5,8,13H,3,6-7,9H2,1H3,(H,18,21)(H2,19,20,22,23). The molecule has 1 atom stereocenters. The summed E-state index contributed by atoms with van der Waals surface area (Å²) in [7, 11) is 0. The minimum atomic E-state index is -0.549. The van der Waals surface area contributed by atoms with Gasteiger partial charge in [-0.15, -0.1) is 0 Å². The number of aromatic nitrogens is 2. The summed E-state index contributed by atoms with van der Waals surface area (Å²) >= 11 is 0. The second kappa shape index (κ2) is 6.84. The molecule has 2 aromatic rings. The molecule has 1 aliphatic rings. The van der Waals surface area contributed by atoms with Gasteiger partial charge in [0, 0.05) is 24.4 Å². The zero-order valence-corrected chi connectivity index (χ0v) is 13.3. The molecule has 1 aromatic heterocycles. The van der Waals surface area contributed by atoms with Gasteiger partial charge in [0.25, 0.3) is 11.5 Å². The van der Waals surface area contributed by atoms with Gasteiger partial charge in [-0.2, -0.15) is 0 Å². The van der Waals surface area contributed by atoms with Crippen LogP contribution in [0.2, 0.25) is 0 Å². The number of carbonyl (C=O) groups is 1. The molecule has 7 nitrogen and oxygen atoms in total. The fraction of sp³-hybridized carbons (Fsp3) is 0.353. The van der Waals surface area contributed by atoms with E-state index in [1.807, 2.05) is 0 Å². The van der Waals surface area contributed by atoms with Crippen LogP contribution in [0.3, 0.4) is 0 Å². The van der Waals surface area contributed by atoms with Crippen molar-refractivity contribution in [2.24, 2.45) is 0 Å². The molecule has 1 fully saturated rings. The number of amides is 1. The summed E-state index contributed by atoms with van der Waals surface area (Å²) < 4.78 is 5.48. The predicted octanol–water partition coefficient (Wildman–Crippen LogP) is 0.947. The van der Waals surface area contributed by atoms with Crippen LogP contribution in [0.4, 0.5) is 0 Å². The molecule has 1 saturated heterocycles. The molecule has 2 heterocycles. The van der Waals surface area contributed by atoms with Crippen LogP contribution in [0.5, 0.6) is 0 Å². The van der Waals surface area contributed by atoms with Crippen molar-refractivity contribution in [3.8, 4) is 11.1 Å². The molecule has 3 N–H and O–H groups in total. The summed E-state index contributed by atoms with van der Waals surface area (Å²) in [6.45, 7) is 2.86. The monoisotopic (exact) mass is 329 g/mol. The third-order valence-electron chi connectivity index (χ3n) is 4.06. The highest BCUT2D eigenvalue weighted by molar-refractivity contribution is 5.95. The van der Waals surface area contributed by atoms with E-state index in [0.717, 1.165) is 19.4 Å². The van der Waals surface area contributed by atoms with E-state index in [1.54, 1.807) is 31.2 Å². The zero-order chi connectivity index (χ0) is 17.1. The van der Waals surface area contributed by atoms with E-state index in [9.17, 15) is 14.4 Å². The van der Waals surface area contributed by atoms with Gasteiger partial charge in [0.15, 0.2) is 0 Å². The Kier molecular flexibility index (Phi) is 4.61. The highest BCUT2D eigenvalue weighted by atomic mass is 16.5. The van der Waals surface area contributed by atoms with Crippen molar-refractivity contribution >= 4 is 5.91 Å². The minimum Gasteiger partial charge on any atom is -0.376 e. The van der Waals surface area contributed by atoms with Crippen molar-refractivity contribution < 1.29 is 9.53 Å². The van der Waals surface area contributed by atoms with E-state index in [4.69, 9.17) is 4.74 Å². The number of aryl methyl sites for hydroxylation is 1.